The molecule has 20 heavy (non-hydrogen) atoms. The lowest BCUT2D eigenvalue weighted by Gasteiger charge is -2.31. The van der Waals surface area contributed by atoms with Crippen molar-refractivity contribution in [3.8, 4) is 0 Å². The van der Waals surface area contributed by atoms with Crippen molar-refractivity contribution in [1.82, 2.24) is 30.3 Å². The number of hydrogen-bond acceptors (Lipinski definition) is 7. The highest BCUT2D eigenvalue weighted by Crippen LogP contribution is 2.22. The van der Waals surface area contributed by atoms with E-state index in [1.165, 1.54) is 0 Å². The molecule has 8 nitrogen and oxygen atoms in total. The molecule has 1 atom stereocenters. The van der Waals surface area contributed by atoms with Crippen LogP contribution in [0.1, 0.15) is 28.9 Å². The van der Waals surface area contributed by atoms with E-state index < -0.39 is 0 Å². The average molecular weight is 278 g/mol. The molecule has 0 aromatic carbocycles. The Morgan fingerprint density at radius 3 is 2.85 bits per heavy atom. The largest absolute Gasteiger partial charge is 0.367 e. The molecule has 3 heterocycles. The molecule has 0 aliphatic carbocycles. The first kappa shape index (κ1) is 13.2. The van der Waals surface area contributed by atoms with E-state index in [0.717, 1.165) is 42.5 Å². The van der Waals surface area contributed by atoms with Crippen LogP contribution in [-0.2, 0) is 18.3 Å². The van der Waals surface area contributed by atoms with E-state index in [1.807, 2.05) is 20.9 Å². The molecule has 0 N–H and O–H groups in total. The van der Waals surface area contributed by atoms with Gasteiger partial charge in [-0.15, -0.1) is 5.10 Å². The van der Waals surface area contributed by atoms with Gasteiger partial charge in [-0.3, -0.25) is 4.90 Å². The van der Waals surface area contributed by atoms with Crippen LogP contribution in [0.2, 0.25) is 0 Å². The van der Waals surface area contributed by atoms with E-state index in [2.05, 4.69) is 25.6 Å². The van der Waals surface area contributed by atoms with Gasteiger partial charge in [-0.2, -0.15) is 0 Å². The maximum atomic E-state index is 5.77. The minimum Gasteiger partial charge on any atom is -0.367 e. The van der Waals surface area contributed by atoms with Crippen molar-refractivity contribution < 1.29 is 9.26 Å². The molecule has 2 aromatic rings. The summed E-state index contributed by atoms with van der Waals surface area (Å²) in [5.41, 5.74) is 2.10. The fraction of sp³-hybridized carbons (Fsp3) is 0.667. The zero-order valence-electron chi connectivity index (χ0n) is 11.9. The summed E-state index contributed by atoms with van der Waals surface area (Å²) in [5.74, 6) is 1.64. The molecule has 0 radical (unpaired) electrons. The summed E-state index contributed by atoms with van der Waals surface area (Å²) in [5, 5.41) is 15.5. The molecular formula is C12H18N6O2. The number of morpholine rings is 1. The van der Waals surface area contributed by atoms with Crippen molar-refractivity contribution in [3.05, 3.63) is 22.8 Å². The first-order chi connectivity index (χ1) is 9.65. The molecule has 0 amide bonds. The number of rotatable bonds is 3. The molecule has 0 bridgehead atoms. The van der Waals surface area contributed by atoms with Crippen molar-refractivity contribution in [2.75, 3.05) is 19.7 Å². The maximum Gasteiger partial charge on any atom is 0.181 e. The Bertz CT molecular complexity index is 573. The van der Waals surface area contributed by atoms with Gasteiger partial charge in [0, 0.05) is 32.2 Å². The zero-order chi connectivity index (χ0) is 14.1. The van der Waals surface area contributed by atoms with E-state index in [-0.39, 0.29) is 6.10 Å². The van der Waals surface area contributed by atoms with Crippen LogP contribution in [0.4, 0.5) is 0 Å². The fourth-order valence-corrected chi connectivity index (χ4v) is 2.46. The summed E-state index contributed by atoms with van der Waals surface area (Å²) in [7, 11) is 1.83. The predicted octanol–water partition coefficient (Wildman–Crippen LogP) is 0.388. The number of tetrazole rings is 1. The Balaban J connectivity index is 1.71. The van der Waals surface area contributed by atoms with Gasteiger partial charge < -0.3 is 9.26 Å². The second kappa shape index (κ2) is 5.29. The Morgan fingerprint density at radius 2 is 2.20 bits per heavy atom. The minimum atomic E-state index is -0.0933. The van der Waals surface area contributed by atoms with Crippen LogP contribution >= 0.6 is 0 Å². The quantitative estimate of drug-likeness (QED) is 0.803. The van der Waals surface area contributed by atoms with Crippen LogP contribution in [0.5, 0.6) is 0 Å². The molecule has 1 fully saturated rings. The molecule has 0 saturated carbocycles. The Hall–Kier alpha value is -1.80. The van der Waals surface area contributed by atoms with E-state index in [1.54, 1.807) is 4.68 Å². The standard InChI is InChI=1S/C12H18N6O2/c1-8-10(9(2)20-14-8)6-18-4-5-19-11(7-18)12-13-15-16-17(12)3/h11H,4-7H2,1-3H3. The highest BCUT2D eigenvalue weighted by Gasteiger charge is 2.27. The fourth-order valence-electron chi connectivity index (χ4n) is 2.46. The van der Waals surface area contributed by atoms with Crippen LogP contribution < -0.4 is 0 Å². The lowest BCUT2D eigenvalue weighted by Crippen LogP contribution is -2.38. The highest BCUT2D eigenvalue weighted by molar-refractivity contribution is 5.20. The summed E-state index contributed by atoms with van der Waals surface area (Å²) >= 11 is 0. The van der Waals surface area contributed by atoms with Crippen molar-refractivity contribution in [2.24, 2.45) is 7.05 Å². The van der Waals surface area contributed by atoms with Gasteiger partial charge in [0.05, 0.1) is 12.3 Å². The molecule has 8 heteroatoms. The molecule has 3 rings (SSSR count). The Morgan fingerprint density at radius 1 is 1.35 bits per heavy atom. The summed E-state index contributed by atoms with van der Waals surface area (Å²) in [6.07, 6.45) is -0.0933. The van der Waals surface area contributed by atoms with Gasteiger partial charge in [-0.1, -0.05) is 5.16 Å². The van der Waals surface area contributed by atoms with Gasteiger partial charge >= 0.3 is 0 Å². The van der Waals surface area contributed by atoms with Gasteiger partial charge in [-0.05, 0) is 24.3 Å². The molecule has 0 spiro atoms. The molecule has 1 aliphatic rings. The lowest BCUT2D eigenvalue weighted by atomic mass is 10.1. The van der Waals surface area contributed by atoms with Crippen LogP contribution in [0.15, 0.2) is 4.52 Å². The summed E-state index contributed by atoms with van der Waals surface area (Å²) in [4.78, 5) is 2.31. The molecule has 108 valence electrons. The van der Waals surface area contributed by atoms with Crippen molar-refractivity contribution in [1.29, 1.82) is 0 Å². The van der Waals surface area contributed by atoms with Crippen LogP contribution in [0.25, 0.3) is 0 Å². The highest BCUT2D eigenvalue weighted by atomic mass is 16.5. The number of nitrogens with zero attached hydrogens (tertiary/aromatic N) is 6. The number of aromatic nitrogens is 5. The molecule has 2 aromatic heterocycles. The molecule has 1 unspecified atom stereocenters. The molecule has 1 aliphatic heterocycles. The lowest BCUT2D eigenvalue weighted by molar-refractivity contribution is -0.0390. The third-order valence-corrected chi connectivity index (χ3v) is 3.65. The number of ether oxygens (including phenoxy) is 1. The maximum absolute atomic E-state index is 5.77. The van der Waals surface area contributed by atoms with E-state index in [4.69, 9.17) is 9.26 Å². The third kappa shape index (κ3) is 2.44. The summed E-state index contributed by atoms with van der Waals surface area (Å²) in [6, 6.07) is 0. The number of aryl methyl sites for hydroxylation is 3. The van der Waals surface area contributed by atoms with Gasteiger partial charge in [0.1, 0.15) is 11.9 Å². The SMILES string of the molecule is Cc1noc(C)c1CN1CCOC(c2nnnn2C)C1. The Labute approximate surface area is 116 Å². The molecule has 1 saturated heterocycles. The average Bonchev–Trinajstić information content (AvgIpc) is 3.00. The van der Waals surface area contributed by atoms with Gasteiger partial charge in [0.15, 0.2) is 5.82 Å². The first-order valence-corrected chi connectivity index (χ1v) is 6.63. The topological polar surface area (TPSA) is 82.1 Å². The molecular weight excluding hydrogens is 260 g/mol. The van der Waals surface area contributed by atoms with Gasteiger partial charge in [-0.25, -0.2) is 4.68 Å². The van der Waals surface area contributed by atoms with Crippen LogP contribution in [0.3, 0.4) is 0 Å². The van der Waals surface area contributed by atoms with Crippen molar-refractivity contribution >= 4 is 0 Å². The second-order valence-electron chi connectivity index (χ2n) is 5.06. The van der Waals surface area contributed by atoms with Crippen LogP contribution in [-0.4, -0.2) is 50.0 Å². The summed E-state index contributed by atoms with van der Waals surface area (Å²) in [6.45, 7) is 7.04. The number of hydrogen-bond donors (Lipinski definition) is 0. The van der Waals surface area contributed by atoms with Crippen molar-refractivity contribution in [3.63, 3.8) is 0 Å². The van der Waals surface area contributed by atoms with Gasteiger partial charge in [0.2, 0.25) is 0 Å². The van der Waals surface area contributed by atoms with E-state index in [9.17, 15) is 0 Å². The van der Waals surface area contributed by atoms with Gasteiger partial charge in [0.25, 0.3) is 0 Å². The monoisotopic (exact) mass is 278 g/mol. The van der Waals surface area contributed by atoms with E-state index >= 15 is 0 Å². The van der Waals surface area contributed by atoms with E-state index in [0.29, 0.717) is 6.61 Å². The van der Waals surface area contributed by atoms with Crippen LogP contribution in [0, 0.1) is 13.8 Å². The predicted molar refractivity (Wildman–Crippen MR) is 68.7 cm³/mol. The second-order valence-corrected chi connectivity index (χ2v) is 5.06. The first-order valence-electron chi connectivity index (χ1n) is 6.63. The normalized spacial score (nSPS) is 20.4. The Kier molecular flexibility index (Phi) is 3.49. The van der Waals surface area contributed by atoms with Crippen molar-refractivity contribution in [2.45, 2.75) is 26.5 Å². The minimum absolute atomic E-state index is 0.0933. The summed E-state index contributed by atoms with van der Waals surface area (Å²) < 4.78 is 12.6. The zero-order valence-corrected chi connectivity index (χ0v) is 11.9. The third-order valence-electron chi connectivity index (χ3n) is 3.65. The smallest absolute Gasteiger partial charge is 0.181 e.